The van der Waals surface area contributed by atoms with E-state index in [1.54, 1.807) is 36.8 Å². The van der Waals surface area contributed by atoms with Gasteiger partial charge in [-0.05, 0) is 85.6 Å². The van der Waals surface area contributed by atoms with Crippen molar-refractivity contribution in [2.45, 2.75) is 65.3 Å². The summed E-state index contributed by atoms with van der Waals surface area (Å²) in [5.41, 5.74) is 3.61. The number of aryl methyl sites for hydroxylation is 1. The molecule has 2 fully saturated rings. The summed E-state index contributed by atoms with van der Waals surface area (Å²) in [5.74, 6) is 0.655. The van der Waals surface area contributed by atoms with Crippen LogP contribution in [0.1, 0.15) is 68.4 Å². The lowest BCUT2D eigenvalue weighted by atomic mass is 9.72. The Labute approximate surface area is 237 Å². The van der Waals surface area contributed by atoms with Crippen molar-refractivity contribution in [3.63, 3.8) is 0 Å². The number of anilines is 1. The summed E-state index contributed by atoms with van der Waals surface area (Å²) < 4.78 is 57.1. The predicted octanol–water partition coefficient (Wildman–Crippen LogP) is 7.52. The first kappa shape index (κ1) is 28.8. The number of halogens is 3. The Kier molecular flexibility index (Phi) is 7.46. The van der Waals surface area contributed by atoms with Crippen molar-refractivity contribution >= 4 is 23.4 Å². The number of carbonyl (C=O) groups is 2. The normalized spacial score (nSPS) is 22.7. The van der Waals surface area contributed by atoms with E-state index in [0.29, 0.717) is 42.1 Å². The van der Waals surface area contributed by atoms with Crippen LogP contribution in [0.15, 0.2) is 42.0 Å². The van der Waals surface area contributed by atoms with Crippen LogP contribution < -0.4 is 9.64 Å². The van der Waals surface area contributed by atoms with E-state index in [-0.39, 0.29) is 12.0 Å². The fraction of sp³-hybridized carbons (Fsp3) is 0.484. The van der Waals surface area contributed by atoms with Gasteiger partial charge in [-0.2, -0.15) is 13.2 Å². The highest BCUT2D eigenvalue weighted by atomic mass is 19.4. The second-order valence-electron chi connectivity index (χ2n) is 11.9. The second kappa shape index (κ2) is 10.6. The molecular formula is C31H35F3N2O5. The first-order valence-electron chi connectivity index (χ1n) is 13.8. The van der Waals surface area contributed by atoms with Crippen molar-refractivity contribution in [1.82, 2.24) is 4.90 Å². The second-order valence-corrected chi connectivity index (χ2v) is 11.9. The van der Waals surface area contributed by atoms with E-state index in [1.807, 2.05) is 18.2 Å². The molecule has 2 aromatic carbocycles. The van der Waals surface area contributed by atoms with E-state index >= 15 is 0 Å². The Morgan fingerprint density at radius 1 is 1.10 bits per heavy atom. The molecule has 3 aliphatic rings. The average Bonchev–Trinajstić information content (AvgIpc) is 3.45. The number of allylic oxidation sites excluding steroid dienone is 1. The van der Waals surface area contributed by atoms with Crippen molar-refractivity contribution < 1.29 is 37.0 Å². The molecule has 2 amide bonds. The van der Waals surface area contributed by atoms with Crippen LogP contribution in [0.5, 0.6) is 5.75 Å². The summed E-state index contributed by atoms with van der Waals surface area (Å²) in [6.45, 7) is 8.81. The zero-order valence-corrected chi connectivity index (χ0v) is 23.9. The van der Waals surface area contributed by atoms with Gasteiger partial charge in [0, 0.05) is 17.8 Å². The lowest BCUT2D eigenvalue weighted by Gasteiger charge is -2.36. The minimum Gasteiger partial charge on any atom is -0.496 e. The molecule has 2 aliphatic heterocycles. The maximum atomic E-state index is 13.5. The Balaban J connectivity index is 1.51. The number of hydrogen-bond donors (Lipinski definition) is 0. The highest BCUT2D eigenvalue weighted by Gasteiger charge is 2.42. The highest BCUT2D eigenvalue weighted by Crippen LogP contribution is 2.47. The van der Waals surface area contributed by atoms with Crippen LogP contribution in [0, 0.1) is 12.3 Å². The van der Waals surface area contributed by atoms with Crippen LogP contribution in [-0.2, 0) is 15.7 Å². The van der Waals surface area contributed by atoms with Gasteiger partial charge in [0.05, 0.1) is 25.3 Å². The van der Waals surface area contributed by atoms with Gasteiger partial charge in [-0.25, -0.2) is 9.59 Å². The number of ether oxygens (including phenoxy) is 3. The summed E-state index contributed by atoms with van der Waals surface area (Å²) >= 11 is 0. The van der Waals surface area contributed by atoms with E-state index in [9.17, 15) is 22.8 Å². The van der Waals surface area contributed by atoms with E-state index in [4.69, 9.17) is 14.2 Å². The first-order chi connectivity index (χ1) is 19.3. The van der Waals surface area contributed by atoms with Crippen LogP contribution in [0.25, 0.3) is 5.57 Å². The lowest BCUT2D eigenvalue weighted by Crippen LogP contribution is -2.35. The summed E-state index contributed by atoms with van der Waals surface area (Å²) in [4.78, 5) is 28.6. The van der Waals surface area contributed by atoms with Gasteiger partial charge in [-0.15, -0.1) is 0 Å². The molecule has 0 N–H and O–H groups in total. The van der Waals surface area contributed by atoms with Crippen molar-refractivity contribution in [1.29, 1.82) is 0 Å². The molecule has 0 radical (unpaired) electrons. The molecule has 2 atom stereocenters. The number of alkyl halides is 3. The number of hydrogen-bond acceptors (Lipinski definition) is 5. The minimum atomic E-state index is -4.50. The molecule has 1 aliphatic carbocycles. The standard InChI is InChI=1S/C31H35F3N2O5/c1-18-12-20(14-22(13-18)31(32,33)34)27-19(2)36(29(38)41-27)17-21-16-30(3,4)9-8-24(21)25-15-23(6-7-26(25)39-5)35-10-11-40-28(35)37/h6-7,12-15,19,27H,8-11,16-17H2,1-5H3/t19-,27-/m0/s1. The van der Waals surface area contributed by atoms with Gasteiger partial charge in [0.1, 0.15) is 18.5 Å². The third-order valence-electron chi connectivity index (χ3n) is 8.26. The largest absolute Gasteiger partial charge is 0.496 e. The van der Waals surface area contributed by atoms with E-state index < -0.39 is 36.1 Å². The summed E-state index contributed by atoms with van der Waals surface area (Å²) in [7, 11) is 1.59. The van der Waals surface area contributed by atoms with Gasteiger partial charge in [0.2, 0.25) is 0 Å². The monoisotopic (exact) mass is 572 g/mol. The van der Waals surface area contributed by atoms with Crippen LogP contribution in [-0.4, -0.2) is 49.9 Å². The molecule has 0 unspecified atom stereocenters. The third-order valence-corrected chi connectivity index (χ3v) is 8.26. The van der Waals surface area contributed by atoms with Crippen LogP contribution >= 0.6 is 0 Å². The van der Waals surface area contributed by atoms with Gasteiger partial charge >= 0.3 is 18.4 Å². The third kappa shape index (κ3) is 5.74. The molecule has 0 bridgehead atoms. The lowest BCUT2D eigenvalue weighted by molar-refractivity contribution is -0.137. The van der Waals surface area contributed by atoms with E-state index in [1.165, 1.54) is 0 Å². The number of rotatable bonds is 6. The SMILES string of the molecule is COc1ccc(N2CCOC2=O)cc1C1=C(CN2C(=O)O[C@H](c3cc(C)cc(C(F)(F)F)c3)[C@@H]2C)CC(C)(C)CC1. The van der Waals surface area contributed by atoms with Crippen molar-refractivity contribution in [3.8, 4) is 5.75 Å². The maximum Gasteiger partial charge on any atom is 0.416 e. The van der Waals surface area contributed by atoms with Gasteiger partial charge < -0.3 is 14.2 Å². The van der Waals surface area contributed by atoms with E-state index in [2.05, 4.69) is 13.8 Å². The van der Waals surface area contributed by atoms with E-state index in [0.717, 1.165) is 41.7 Å². The number of benzene rings is 2. The van der Waals surface area contributed by atoms with Crippen LogP contribution in [0.4, 0.5) is 28.4 Å². The number of amides is 2. The van der Waals surface area contributed by atoms with Gasteiger partial charge in [-0.1, -0.05) is 25.5 Å². The molecule has 5 rings (SSSR count). The molecular weight excluding hydrogens is 537 g/mol. The molecule has 10 heteroatoms. The molecule has 0 spiro atoms. The summed E-state index contributed by atoms with van der Waals surface area (Å²) in [6.07, 6.45) is -3.93. The molecule has 2 saturated heterocycles. The van der Waals surface area contributed by atoms with Gasteiger partial charge in [0.25, 0.3) is 0 Å². The van der Waals surface area contributed by atoms with Crippen molar-refractivity contribution in [2.24, 2.45) is 5.41 Å². The summed E-state index contributed by atoms with van der Waals surface area (Å²) in [5, 5.41) is 0. The highest BCUT2D eigenvalue weighted by molar-refractivity contribution is 5.91. The predicted molar refractivity (Wildman–Crippen MR) is 148 cm³/mol. The van der Waals surface area contributed by atoms with Crippen molar-refractivity contribution in [3.05, 3.63) is 64.2 Å². The quantitative estimate of drug-likeness (QED) is 0.358. The average molecular weight is 573 g/mol. The molecule has 7 nitrogen and oxygen atoms in total. The van der Waals surface area contributed by atoms with Gasteiger partial charge in [0.15, 0.2) is 0 Å². The fourth-order valence-corrected chi connectivity index (χ4v) is 6.12. The molecule has 0 aromatic heterocycles. The fourth-order valence-electron chi connectivity index (χ4n) is 6.12. The molecule has 2 aromatic rings. The number of carbonyl (C=O) groups excluding carboxylic acids is 2. The maximum absolute atomic E-state index is 13.5. The summed E-state index contributed by atoms with van der Waals surface area (Å²) in [6, 6.07) is 8.90. The minimum absolute atomic E-state index is 0.0210. The molecule has 220 valence electrons. The van der Waals surface area contributed by atoms with Crippen LogP contribution in [0.2, 0.25) is 0 Å². The Hall–Kier alpha value is -3.69. The first-order valence-corrected chi connectivity index (χ1v) is 13.8. The molecule has 2 heterocycles. The van der Waals surface area contributed by atoms with Gasteiger partial charge in [-0.3, -0.25) is 9.80 Å². The number of cyclic esters (lactones) is 2. The Morgan fingerprint density at radius 2 is 1.85 bits per heavy atom. The molecule has 41 heavy (non-hydrogen) atoms. The topological polar surface area (TPSA) is 68.3 Å². The zero-order valence-electron chi connectivity index (χ0n) is 23.9. The molecule has 0 saturated carbocycles. The Morgan fingerprint density at radius 3 is 2.51 bits per heavy atom. The van der Waals surface area contributed by atoms with Crippen molar-refractivity contribution in [2.75, 3.05) is 31.7 Å². The number of nitrogens with zero attached hydrogens (tertiary/aromatic N) is 2. The number of methoxy groups -OCH3 is 1. The Bertz CT molecular complexity index is 1400. The van der Waals surface area contributed by atoms with Crippen LogP contribution in [0.3, 0.4) is 0 Å². The smallest absolute Gasteiger partial charge is 0.416 e. The zero-order chi connectivity index (χ0) is 29.7.